The van der Waals surface area contributed by atoms with E-state index in [2.05, 4.69) is 0 Å². The maximum absolute atomic E-state index is 13.5. The fraction of sp³-hybridized carbons (Fsp3) is 0.417. The van der Waals surface area contributed by atoms with Gasteiger partial charge in [-0.25, -0.2) is 4.39 Å². The Morgan fingerprint density at radius 1 is 1.26 bits per heavy atom. The molecule has 1 aliphatic rings. The molecule has 0 spiro atoms. The number of benzene rings is 2. The molecule has 0 N–H and O–H groups in total. The highest BCUT2D eigenvalue weighted by Crippen LogP contribution is 2.22. The second-order valence-corrected chi connectivity index (χ2v) is 7.67. The first-order chi connectivity index (χ1) is 14.9. The van der Waals surface area contributed by atoms with E-state index in [1.54, 1.807) is 41.2 Å². The standard InChI is InChI=1S/C24H29FN2O4/c1-4-17(2)27(24(29)21-10-5-6-11-22(21)30-3)16-20-15-26(12-13-31-20)23(28)18-8-7-9-19(25)14-18/h5-11,14,17,20H,4,12-13,15-16H2,1-3H3. The minimum Gasteiger partial charge on any atom is -0.496 e. The van der Waals surface area contributed by atoms with E-state index in [0.717, 1.165) is 6.42 Å². The average Bonchev–Trinajstić information content (AvgIpc) is 2.81. The molecule has 2 aromatic rings. The van der Waals surface area contributed by atoms with Gasteiger partial charge in [0.25, 0.3) is 11.8 Å². The third-order valence-electron chi connectivity index (χ3n) is 5.62. The Bertz CT molecular complexity index is 920. The van der Waals surface area contributed by atoms with Crippen molar-refractivity contribution in [3.05, 3.63) is 65.5 Å². The summed E-state index contributed by atoms with van der Waals surface area (Å²) in [6, 6.07) is 12.8. The van der Waals surface area contributed by atoms with Crippen molar-refractivity contribution < 1.29 is 23.5 Å². The summed E-state index contributed by atoms with van der Waals surface area (Å²) in [5.41, 5.74) is 0.804. The number of carbonyl (C=O) groups excluding carboxylic acids is 2. The van der Waals surface area contributed by atoms with Crippen molar-refractivity contribution in [2.45, 2.75) is 32.4 Å². The lowest BCUT2D eigenvalue weighted by molar-refractivity contribution is -0.0368. The summed E-state index contributed by atoms with van der Waals surface area (Å²) in [6.07, 6.45) is 0.443. The molecule has 166 valence electrons. The fourth-order valence-corrected chi connectivity index (χ4v) is 3.70. The number of rotatable bonds is 7. The van der Waals surface area contributed by atoms with Crippen LogP contribution in [-0.4, -0.2) is 67.1 Å². The highest BCUT2D eigenvalue weighted by atomic mass is 19.1. The fourth-order valence-electron chi connectivity index (χ4n) is 3.70. The molecule has 0 bridgehead atoms. The van der Waals surface area contributed by atoms with Crippen LogP contribution in [0.1, 0.15) is 41.0 Å². The van der Waals surface area contributed by atoms with Crippen LogP contribution in [0.2, 0.25) is 0 Å². The van der Waals surface area contributed by atoms with Gasteiger partial charge in [-0.05, 0) is 43.7 Å². The molecule has 0 radical (unpaired) electrons. The van der Waals surface area contributed by atoms with E-state index in [0.29, 0.717) is 43.1 Å². The first-order valence-corrected chi connectivity index (χ1v) is 10.5. The van der Waals surface area contributed by atoms with Crippen molar-refractivity contribution in [2.24, 2.45) is 0 Å². The van der Waals surface area contributed by atoms with Crippen LogP contribution < -0.4 is 4.74 Å². The summed E-state index contributed by atoms with van der Waals surface area (Å²) in [6.45, 7) is 5.49. The lowest BCUT2D eigenvalue weighted by Crippen LogP contribution is -2.52. The van der Waals surface area contributed by atoms with Crippen molar-refractivity contribution in [3.8, 4) is 5.75 Å². The van der Waals surface area contributed by atoms with Crippen LogP contribution in [0.4, 0.5) is 4.39 Å². The number of hydrogen-bond donors (Lipinski definition) is 0. The van der Waals surface area contributed by atoms with Gasteiger partial charge in [-0.1, -0.05) is 25.1 Å². The molecule has 6 nitrogen and oxygen atoms in total. The predicted molar refractivity (Wildman–Crippen MR) is 116 cm³/mol. The highest BCUT2D eigenvalue weighted by Gasteiger charge is 2.31. The number of halogens is 1. The molecule has 0 saturated carbocycles. The highest BCUT2D eigenvalue weighted by molar-refractivity contribution is 5.97. The molecule has 3 rings (SSSR count). The summed E-state index contributed by atoms with van der Waals surface area (Å²) in [7, 11) is 1.54. The summed E-state index contributed by atoms with van der Waals surface area (Å²) in [5, 5.41) is 0. The van der Waals surface area contributed by atoms with Gasteiger partial charge in [0.05, 0.1) is 25.4 Å². The van der Waals surface area contributed by atoms with Gasteiger partial charge in [-0.15, -0.1) is 0 Å². The molecule has 7 heteroatoms. The first kappa shape index (κ1) is 22.7. The monoisotopic (exact) mass is 428 g/mol. The van der Waals surface area contributed by atoms with Crippen LogP contribution in [0, 0.1) is 5.82 Å². The van der Waals surface area contributed by atoms with E-state index < -0.39 is 5.82 Å². The quantitative estimate of drug-likeness (QED) is 0.676. The molecule has 1 fully saturated rings. The molecule has 0 aromatic heterocycles. The first-order valence-electron chi connectivity index (χ1n) is 10.5. The molecule has 1 heterocycles. The maximum Gasteiger partial charge on any atom is 0.257 e. The van der Waals surface area contributed by atoms with E-state index >= 15 is 0 Å². The van der Waals surface area contributed by atoms with Gasteiger partial charge in [0, 0.05) is 31.2 Å². The average molecular weight is 429 g/mol. The minimum absolute atomic E-state index is 0.0182. The number of carbonyl (C=O) groups is 2. The molecule has 1 saturated heterocycles. The van der Waals surface area contributed by atoms with E-state index in [9.17, 15) is 14.0 Å². The van der Waals surface area contributed by atoms with Crippen LogP contribution in [0.5, 0.6) is 5.75 Å². The number of hydrogen-bond acceptors (Lipinski definition) is 4. The Morgan fingerprint density at radius 3 is 2.74 bits per heavy atom. The summed E-state index contributed by atoms with van der Waals surface area (Å²) >= 11 is 0. The summed E-state index contributed by atoms with van der Waals surface area (Å²) < 4.78 is 24.8. The number of nitrogens with zero attached hydrogens (tertiary/aromatic N) is 2. The zero-order valence-electron chi connectivity index (χ0n) is 18.2. The SMILES string of the molecule is CCC(C)N(CC1CN(C(=O)c2cccc(F)c2)CCO1)C(=O)c1ccccc1OC. The topological polar surface area (TPSA) is 59.1 Å². The van der Waals surface area contributed by atoms with E-state index in [4.69, 9.17) is 9.47 Å². The number of para-hydroxylation sites is 1. The number of methoxy groups -OCH3 is 1. The summed E-state index contributed by atoms with van der Waals surface area (Å²) in [5.74, 6) is -0.294. The zero-order chi connectivity index (χ0) is 22.4. The molecule has 2 atom stereocenters. The van der Waals surface area contributed by atoms with Crippen molar-refractivity contribution in [2.75, 3.05) is 33.4 Å². The third kappa shape index (κ3) is 5.41. The number of ether oxygens (including phenoxy) is 2. The lowest BCUT2D eigenvalue weighted by Gasteiger charge is -2.37. The normalized spacial score (nSPS) is 17.2. The molecular weight excluding hydrogens is 399 g/mol. The number of amides is 2. The largest absolute Gasteiger partial charge is 0.496 e. The van der Waals surface area contributed by atoms with E-state index in [1.165, 1.54) is 18.2 Å². The number of morpholine rings is 1. The smallest absolute Gasteiger partial charge is 0.257 e. The molecule has 2 amide bonds. The second kappa shape index (κ2) is 10.4. The molecule has 1 aliphatic heterocycles. The Labute approximate surface area is 182 Å². The zero-order valence-corrected chi connectivity index (χ0v) is 18.2. The van der Waals surface area contributed by atoms with Crippen LogP contribution in [0.15, 0.2) is 48.5 Å². The van der Waals surface area contributed by atoms with Gasteiger partial charge in [-0.2, -0.15) is 0 Å². The van der Waals surface area contributed by atoms with Crippen LogP contribution in [0.25, 0.3) is 0 Å². The molecule has 2 unspecified atom stereocenters. The van der Waals surface area contributed by atoms with Gasteiger partial charge in [0.2, 0.25) is 0 Å². The Balaban J connectivity index is 1.75. The molecular formula is C24H29FN2O4. The van der Waals surface area contributed by atoms with Crippen LogP contribution in [0.3, 0.4) is 0 Å². The maximum atomic E-state index is 13.5. The van der Waals surface area contributed by atoms with Gasteiger partial charge in [0.1, 0.15) is 11.6 Å². The van der Waals surface area contributed by atoms with Gasteiger partial charge in [0.15, 0.2) is 0 Å². The minimum atomic E-state index is -0.444. The lowest BCUT2D eigenvalue weighted by atomic mass is 10.1. The van der Waals surface area contributed by atoms with Crippen LogP contribution in [-0.2, 0) is 4.74 Å². The molecule has 2 aromatic carbocycles. The molecule has 0 aliphatic carbocycles. The molecule has 31 heavy (non-hydrogen) atoms. The Kier molecular flexibility index (Phi) is 7.63. The van der Waals surface area contributed by atoms with Crippen molar-refractivity contribution in [1.82, 2.24) is 9.80 Å². The van der Waals surface area contributed by atoms with Crippen molar-refractivity contribution >= 4 is 11.8 Å². The van der Waals surface area contributed by atoms with Gasteiger partial charge < -0.3 is 19.3 Å². The van der Waals surface area contributed by atoms with E-state index in [-0.39, 0.29) is 24.0 Å². The Morgan fingerprint density at radius 2 is 2.03 bits per heavy atom. The van der Waals surface area contributed by atoms with Gasteiger partial charge >= 0.3 is 0 Å². The summed E-state index contributed by atoms with van der Waals surface area (Å²) in [4.78, 5) is 29.6. The van der Waals surface area contributed by atoms with Crippen molar-refractivity contribution in [1.29, 1.82) is 0 Å². The Hall–Kier alpha value is -2.93. The van der Waals surface area contributed by atoms with Gasteiger partial charge in [-0.3, -0.25) is 9.59 Å². The van der Waals surface area contributed by atoms with Crippen molar-refractivity contribution in [3.63, 3.8) is 0 Å². The van der Waals surface area contributed by atoms with E-state index in [1.807, 2.05) is 19.9 Å². The third-order valence-corrected chi connectivity index (χ3v) is 5.62. The van der Waals surface area contributed by atoms with Crippen LogP contribution >= 0.6 is 0 Å². The second-order valence-electron chi connectivity index (χ2n) is 7.67. The predicted octanol–water partition coefficient (Wildman–Crippen LogP) is 3.62.